The second-order valence-corrected chi connectivity index (χ2v) is 24.6. The number of carbonyl (C=O) groups is 3. The number of nitrogens with one attached hydrogen (secondary N) is 5. The summed E-state index contributed by atoms with van der Waals surface area (Å²) < 4.78 is 6.00. The molecule has 433 valence electrons. The van der Waals surface area contributed by atoms with Crippen LogP contribution in [0.25, 0.3) is 0 Å². The van der Waals surface area contributed by atoms with E-state index in [0.717, 1.165) is 112 Å². The molecule has 6 aliphatic rings. The maximum Gasteiger partial charge on any atom is 0.454 e. The van der Waals surface area contributed by atoms with Crippen LogP contribution in [0, 0.1) is 0 Å². The van der Waals surface area contributed by atoms with Crippen LogP contribution >= 0.6 is 55.1 Å². The number of H-pyrrole nitrogens is 2. The normalized spacial score (nSPS) is 20.5. The van der Waals surface area contributed by atoms with E-state index in [1.807, 2.05) is 25.5 Å². The van der Waals surface area contributed by atoms with E-state index in [0.29, 0.717) is 57.2 Å². The summed E-state index contributed by atoms with van der Waals surface area (Å²) in [6.07, 6.45) is 22.9. The van der Waals surface area contributed by atoms with Gasteiger partial charge in [-0.2, -0.15) is 0 Å². The molecule has 5 atom stereocenters. The summed E-state index contributed by atoms with van der Waals surface area (Å²) in [7, 11) is 2.19. The van der Waals surface area contributed by atoms with Gasteiger partial charge in [-0.15, -0.1) is 0 Å². The predicted octanol–water partition coefficient (Wildman–Crippen LogP) is 9.15. The highest BCUT2D eigenvalue weighted by Gasteiger charge is 2.34. The van der Waals surface area contributed by atoms with Crippen LogP contribution < -0.4 is 31.8 Å². The van der Waals surface area contributed by atoms with Crippen molar-refractivity contribution in [1.29, 1.82) is 0 Å². The highest BCUT2D eigenvalue weighted by molar-refractivity contribution is 9.10. The van der Waals surface area contributed by atoms with E-state index in [-0.39, 0.29) is 39.6 Å². The van der Waals surface area contributed by atoms with Crippen molar-refractivity contribution in [2.24, 2.45) is 0 Å². The number of pyridine rings is 5. The molecule has 11 rings (SSSR count). The molecular weight excluding hydrogens is 1210 g/mol. The largest absolute Gasteiger partial charge is 0.480 e. The van der Waals surface area contributed by atoms with E-state index in [9.17, 15) is 24.0 Å². The molecular formula is C57H73B2Br2Cl2N10O8. The summed E-state index contributed by atoms with van der Waals surface area (Å²) in [6.45, 7) is 9.38. The molecule has 6 fully saturated rings. The molecule has 3 saturated heterocycles. The van der Waals surface area contributed by atoms with Gasteiger partial charge < -0.3 is 50.3 Å². The van der Waals surface area contributed by atoms with E-state index < -0.39 is 7.12 Å². The number of hydrogen-bond acceptors (Lipinski definition) is 14. The SMILES string of the molecule is COc1ncc(C2CCCN([B]C=O)C2)cc1Br.C[C@@H](Br)C(=O)Nc1ccc(Cl)cn1.C[C@@H](C(=O)Nc1ccc(Cl)cn1)N1CCC[C@@H](c2c[nH]c(=O)c(C3CC3)c2)C1.O=c1[nH]cc(C2CCCNC2)cc1C1CC1.OB(O)C1CC1. The number of alkyl halides is 1. The molecule has 1 radical (unpaired) electrons. The fourth-order valence-corrected chi connectivity index (χ4v) is 10.8. The molecule has 3 saturated carbocycles. The van der Waals surface area contributed by atoms with E-state index in [4.69, 9.17) is 38.0 Å². The number of piperidine rings is 3. The summed E-state index contributed by atoms with van der Waals surface area (Å²) in [4.78, 5) is 80.3. The number of hydrogen-bond donors (Lipinski definition) is 7. The van der Waals surface area contributed by atoms with Crippen molar-refractivity contribution in [2.75, 3.05) is 57.0 Å². The van der Waals surface area contributed by atoms with E-state index in [1.54, 1.807) is 45.7 Å². The lowest BCUT2D eigenvalue weighted by Crippen LogP contribution is -2.46. The van der Waals surface area contributed by atoms with E-state index in [1.165, 1.54) is 54.8 Å². The van der Waals surface area contributed by atoms with Crippen molar-refractivity contribution in [1.82, 2.24) is 39.9 Å². The smallest absolute Gasteiger partial charge is 0.454 e. The molecule has 0 spiro atoms. The zero-order valence-corrected chi connectivity index (χ0v) is 50.8. The Hall–Kier alpha value is -4.77. The lowest BCUT2D eigenvalue weighted by molar-refractivity contribution is -0.121. The molecule has 3 aliphatic carbocycles. The molecule has 5 aromatic rings. The number of amides is 2. The van der Waals surface area contributed by atoms with Crippen molar-refractivity contribution >= 4 is 99.2 Å². The van der Waals surface area contributed by atoms with Gasteiger partial charge in [0.2, 0.25) is 17.7 Å². The van der Waals surface area contributed by atoms with Gasteiger partial charge in [0.15, 0.2) is 0 Å². The average Bonchev–Trinajstić information content (AvgIpc) is 4.37. The third-order valence-electron chi connectivity index (χ3n) is 15.1. The highest BCUT2D eigenvalue weighted by atomic mass is 79.9. The van der Waals surface area contributed by atoms with Crippen LogP contribution in [0.3, 0.4) is 0 Å². The minimum Gasteiger partial charge on any atom is -0.480 e. The summed E-state index contributed by atoms with van der Waals surface area (Å²) in [5.74, 6) is 3.92. The number of ether oxygens (including phenoxy) is 1. The van der Waals surface area contributed by atoms with Gasteiger partial charge in [0.05, 0.1) is 38.7 Å². The third-order valence-corrected chi connectivity index (χ3v) is 16.6. The minimum atomic E-state index is -1.04. The first-order valence-corrected chi connectivity index (χ1v) is 30.4. The van der Waals surface area contributed by atoms with Gasteiger partial charge in [0.1, 0.15) is 11.6 Å². The number of nitrogens with zero attached hydrogens (tertiary/aromatic N) is 5. The number of rotatable bonds is 14. The molecule has 2 unspecified atom stereocenters. The van der Waals surface area contributed by atoms with Crippen LogP contribution in [0.5, 0.6) is 5.88 Å². The van der Waals surface area contributed by atoms with Gasteiger partial charge >= 0.3 is 7.12 Å². The molecule has 0 aromatic carbocycles. The van der Waals surface area contributed by atoms with Gasteiger partial charge in [-0.25, -0.2) is 15.0 Å². The standard InChI is InChI=1S/C21H25ClN4O2.C13H18N2O.C12H15BBrN2O2.C8H8BrClN2O.C3H7BO2/c1-13(20(27)25-19-7-6-17(22)11-23-19)26-8-2-3-15(12-26)16-9-18(14-4-5-14)21(28)24-10-16;16-13-12(9-3-4-9)6-11(8-15-13)10-2-1-5-14-7-10;1-18-12-11(14)5-10(6-15-12)9-3-2-4-16(7-9)13-8-17;1-5(9)8(13)12-7-3-2-6(10)4-11-7;5-4(6)3-1-2-3/h6-7,9-11,13-15H,2-5,8,12H2,1H3,(H,24,28)(H,23,25,27);6,8-10,14H,1-5,7H2,(H,15,16);5-6,8-9H,2-4,7H2,1H3;2-5H,1H3,(H,11,12,13);3,5-6H,1-2H2/t13-,15+;;;5-;/m0..1./s1. The number of aromatic nitrogens is 5. The zero-order valence-electron chi connectivity index (χ0n) is 46.1. The quantitative estimate of drug-likeness (QED) is 0.0311. The predicted molar refractivity (Wildman–Crippen MR) is 328 cm³/mol. The van der Waals surface area contributed by atoms with Crippen LogP contribution in [0.2, 0.25) is 15.9 Å². The lowest BCUT2D eigenvalue weighted by Gasteiger charge is -2.36. The van der Waals surface area contributed by atoms with Crippen LogP contribution in [0.4, 0.5) is 11.6 Å². The van der Waals surface area contributed by atoms with Crippen molar-refractivity contribution in [2.45, 2.75) is 137 Å². The number of methoxy groups -OCH3 is 1. The van der Waals surface area contributed by atoms with Crippen molar-refractivity contribution in [3.63, 3.8) is 0 Å². The number of carbonyl (C=O) groups excluding carboxylic acids is 3. The second kappa shape index (κ2) is 31.8. The minimum absolute atomic E-state index is 0.0436. The van der Waals surface area contributed by atoms with Gasteiger partial charge in [-0.3, -0.25) is 24.1 Å². The Labute approximate surface area is 501 Å². The Balaban J connectivity index is 0.000000156. The van der Waals surface area contributed by atoms with Gasteiger partial charge in [0, 0.05) is 55.2 Å². The number of aromatic amines is 2. The second-order valence-electron chi connectivity index (χ2n) is 21.5. The zero-order chi connectivity index (χ0) is 58.0. The molecule has 7 N–H and O–H groups in total. The molecule has 0 bridgehead atoms. The Morgan fingerprint density at radius 3 is 1.77 bits per heavy atom. The van der Waals surface area contributed by atoms with Gasteiger partial charge in [0.25, 0.3) is 18.5 Å². The van der Waals surface area contributed by atoms with Crippen LogP contribution in [0.15, 0.2) is 87.5 Å². The highest BCUT2D eigenvalue weighted by Crippen LogP contribution is 2.41. The van der Waals surface area contributed by atoms with E-state index in [2.05, 4.69) is 101 Å². The van der Waals surface area contributed by atoms with Gasteiger partial charge in [-0.1, -0.05) is 52.0 Å². The number of anilines is 2. The summed E-state index contributed by atoms with van der Waals surface area (Å²) >= 11 is 18.1. The van der Waals surface area contributed by atoms with Crippen LogP contribution in [-0.2, 0) is 14.4 Å². The summed E-state index contributed by atoms with van der Waals surface area (Å²) in [5.41, 5.74) is 5.79. The number of likely N-dealkylation sites (tertiary alicyclic amines) is 1. The monoisotopic (exact) mass is 1280 g/mol. The number of halogens is 4. The topological polar surface area (TPSA) is 248 Å². The molecule has 5 aromatic heterocycles. The molecule has 8 heterocycles. The molecule has 3 aliphatic heterocycles. The first-order valence-electron chi connectivity index (χ1n) is 28.0. The van der Waals surface area contributed by atoms with Crippen molar-refractivity contribution in [3.8, 4) is 5.88 Å². The average molecular weight is 1280 g/mol. The third kappa shape index (κ3) is 20.5. The molecule has 18 nitrogen and oxygen atoms in total. The Morgan fingerprint density at radius 2 is 1.30 bits per heavy atom. The van der Waals surface area contributed by atoms with Crippen LogP contribution in [-0.4, -0.2) is 134 Å². The first kappa shape index (κ1) is 63.8. The molecule has 81 heavy (non-hydrogen) atoms. The van der Waals surface area contributed by atoms with E-state index >= 15 is 0 Å². The maximum absolute atomic E-state index is 12.7. The maximum atomic E-state index is 12.7. The summed E-state index contributed by atoms with van der Waals surface area (Å²) in [6, 6.07) is 12.8. The Kier molecular flexibility index (Phi) is 25.0. The lowest BCUT2D eigenvalue weighted by atomic mass is 9.84. The summed E-state index contributed by atoms with van der Waals surface area (Å²) in [5, 5.41) is 26.5. The molecule has 2 amide bonds. The fourth-order valence-electron chi connectivity index (χ4n) is 9.90. The van der Waals surface area contributed by atoms with Crippen LogP contribution in [0.1, 0.15) is 148 Å². The van der Waals surface area contributed by atoms with Gasteiger partial charge in [-0.05, 0) is 215 Å². The molecule has 24 heteroatoms. The fraction of sp³-hybridized carbons (Fsp3) is 0.509. The first-order chi connectivity index (χ1) is 39.0. The Bertz CT molecular complexity index is 2950. The Morgan fingerprint density at radius 1 is 0.741 bits per heavy atom. The van der Waals surface area contributed by atoms with Crippen molar-refractivity contribution in [3.05, 3.63) is 136 Å². The van der Waals surface area contributed by atoms with Crippen molar-refractivity contribution < 1.29 is 29.2 Å².